The Morgan fingerprint density at radius 1 is 0.720 bits per heavy atom. The van der Waals surface area contributed by atoms with Crippen LogP contribution in [0.4, 0.5) is 0 Å². The number of aliphatic hydroxyl groups excluding tert-OH is 1. The largest absolute Gasteiger partial charge is 0.424 e. The minimum atomic E-state index is -2.84. The fourth-order valence-electron chi connectivity index (χ4n) is 3.70. The average Bonchev–Trinajstić information content (AvgIpc) is 2.65. The maximum Gasteiger partial charge on any atom is 0.258 e. The van der Waals surface area contributed by atoms with Gasteiger partial charge in [0.15, 0.2) is 0 Å². The van der Waals surface area contributed by atoms with E-state index in [0.717, 1.165) is 48.9 Å². The van der Waals surface area contributed by atoms with Crippen LogP contribution in [0.15, 0.2) is 60.7 Å². The molecule has 2 N–H and O–H groups in total. The van der Waals surface area contributed by atoms with Gasteiger partial charge < -0.3 is 9.90 Å². The molecule has 2 nitrogen and oxygen atoms in total. The zero-order chi connectivity index (χ0) is 18.2. The van der Waals surface area contributed by atoms with E-state index >= 15 is 0 Å². The Morgan fingerprint density at radius 3 is 1.64 bits per heavy atom. The van der Waals surface area contributed by atoms with Gasteiger partial charge in [0.2, 0.25) is 0 Å². The summed E-state index contributed by atoms with van der Waals surface area (Å²) in [6, 6.07) is 20.5. The first-order valence-corrected chi connectivity index (χ1v) is 11.4. The van der Waals surface area contributed by atoms with Crippen molar-refractivity contribution in [1.82, 2.24) is 0 Å². The van der Waals surface area contributed by atoms with Crippen LogP contribution in [-0.4, -0.2) is 24.8 Å². The lowest BCUT2D eigenvalue weighted by atomic mass is 10.0. The number of unbranched alkanes of at least 4 members (excludes halogenated alkanes) is 4. The standard InChI is InChI=1S/C22H32O2Si/c1-22(2,18-12-4-3-5-13-19-23)25(24,20-14-8-6-9-15-20)21-16-10-7-11-17-21/h6-11,14-17,23-24H,3-5,12-13,18-19H2,1-2H3. The minimum Gasteiger partial charge on any atom is -0.424 e. The molecule has 0 bridgehead atoms. The van der Waals surface area contributed by atoms with Crippen molar-refractivity contribution in [1.29, 1.82) is 0 Å². The van der Waals surface area contributed by atoms with E-state index in [0.29, 0.717) is 6.61 Å². The monoisotopic (exact) mass is 356 g/mol. The summed E-state index contributed by atoms with van der Waals surface area (Å²) in [6.45, 7) is 4.75. The van der Waals surface area contributed by atoms with Crippen LogP contribution in [0.1, 0.15) is 52.4 Å². The molecule has 0 amide bonds. The lowest BCUT2D eigenvalue weighted by molar-refractivity contribution is 0.282. The van der Waals surface area contributed by atoms with E-state index in [1.807, 2.05) is 36.4 Å². The fourth-order valence-corrected chi connectivity index (χ4v) is 7.48. The molecule has 2 rings (SSSR count). The third kappa shape index (κ3) is 4.81. The van der Waals surface area contributed by atoms with Crippen molar-refractivity contribution >= 4 is 18.7 Å². The van der Waals surface area contributed by atoms with Gasteiger partial charge in [-0.1, -0.05) is 100 Å². The number of aliphatic hydroxyl groups is 1. The molecule has 0 aliphatic carbocycles. The minimum absolute atomic E-state index is 0.146. The summed E-state index contributed by atoms with van der Waals surface area (Å²) in [5.41, 5.74) is 0. The Hall–Kier alpha value is -1.42. The molecule has 0 unspecified atom stereocenters. The molecule has 0 heterocycles. The van der Waals surface area contributed by atoms with E-state index in [4.69, 9.17) is 5.11 Å². The van der Waals surface area contributed by atoms with Crippen molar-refractivity contribution in [2.45, 2.75) is 57.4 Å². The Morgan fingerprint density at radius 2 is 1.16 bits per heavy atom. The Kier molecular flexibility index (Phi) is 7.42. The topological polar surface area (TPSA) is 40.5 Å². The Bertz CT molecular complexity index is 571. The molecule has 3 heteroatoms. The number of rotatable bonds is 10. The highest BCUT2D eigenvalue weighted by Gasteiger charge is 2.49. The molecule has 2 aromatic rings. The first kappa shape index (κ1) is 19.9. The summed E-state index contributed by atoms with van der Waals surface area (Å²) < 4.78 is 0. The van der Waals surface area contributed by atoms with E-state index in [-0.39, 0.29) is 5.04 Å². The van der Waals surface area contributed by atoms with Gasteiger partial charge in [0, 0.05) is 6.61 Å². The van der Waals surface area contributed by atoms with E-state index in [9.17, 15) is 4.80 Å². The van der Waals surface area contributed by atoms with Crippen molar-refractivity contribution in [3.8, 4) is 0 Å². The van der Waals surface area contributed by atoms with Gasteiger partial charge in [0.1, 0.15) is 0 Å². The number of benzene rings is 2. The van der Waals surface area contributed by atoms with Crippen LogP contribution in [-0.2, 0) is 0 Å². The Balaban J connectivity index is 2.20. The van der Waals surface area contributed by atoms with Crippen LogP contribution in [0, 0.1) is 0 Å². The van der Waals surface area contributed by atoms with Gasteiger partial charge in [0.25, 0.3) is 8.32 Å². The van der Waals surface area contributed by atoms with Crippen LogP contribution in [0.2, 0.25) is 5.04 Å². The molecule has 0 atom stereocenters. The van der Waals surface area contributed by atoms with Crippen LogP contribution >= 0.6 is 0 Å². The molecular weight excluding hydrogens is 324 g/mol. The van der Waals surface area contributed by atoms with Crippen molar-refractivity contribution < 1.29 is 9.90 Å². The second-order valence-electron chi connectivity index (χ2n) is 7.57. The highest BCUT2D eigenvalue weighted by molar-refractivity contribution is 6.98. The van der Waals surface area contributed by atoms with E-state index < -0.39 is 8.32 Å². The molecule has 0 spiro atoms. The molecule has 2 aromatic carbocycles. The van der Waals surface area contributed by atoms with Crippen LogP contribution < -0.4 is 10.4 Å². The lowest BCUT2D eigenvalue weighted by Crippen LogP contribution is -2.65. The summed E-state index contributed by atoms with van der Waals surface area (Å²) in [5.74, 6) is 0. The van der Waals surface area contributed by atoms with Crippen LogP contribution in [0.5, 0.6) is 0 Å². The van der Waals surface area contributed by atoms with Gasteiger partial charge >= 0.3 is 0 Å². The maximum atomic E-state index is 12.0. The highest BCUT2D eigenvalue weighted by atomic mass is 28.4. The third-order valence-corrected chi connectivity index (χ3v) is 9.87. The number of hydrogen-bond acceptors (Lipinski definition) is 2. The summed E-state index contributed by atoms with van der Waals surface area (Å²) in [5, 5.41) is 10.9. The molecule has 0 saturated carbocycles. The molecule has 0 saturated heterocycles. The number of hydrogen-bond donors (Lipinski definition) is 2. The first-order valence-electron chi connectivity index (χ1n) is 9.46. The third-order valence-electron chi connectivity index (χ3n) is 5.32. The SMILES string of the molecule is CC(C)(CCCCCCCO)[Si](O)(c1ccccc1)c1ccccc1. The molecule has 25 heavy (non-hydrogen) atoms. The lowest BCUT2D eigenvalue weighted by Gasteiger charge is -2.41. The van der Waals surface area contributed by atoms with E-state index in [1.54, 1.807) is 0 Å². The molecular formula is C22H32O2Si. The highest BCUT2D eigenvalue weighted by Crippen LogP contribution is 2.40. The quantitative estimate of drug-likeness (QED) is 0.501. The molecule has 0 fully saturated rings. The maximum absolute atomic E-state index is 12.0. The van der Waals surface area contributed by atoms with Crippen molar-refractivity contribution in [3.05, 3.63) is 60.7 Å². The van der Waals surface area contributed by atoms with E-state index in [1.165, 1.54) is 0 Å². The summed E-state index contributed by atoms with van der Waals surface area (Å²) in [7, 11) is -2.84. The van der Waals surface area contributed by atoms with Crippen molar-refractivity contribution in [2.75, 3.05) is 6.61 Å². The van der Waals surface area contributed by atoms with Crippen LogP contribution in [0.3, 0.4) is 0 Å². The van der Waals surface area contributed by atoms with Gasteiger partial charge in [0.05, 0.1) is 0 Å². The molecule has 0 aromatic heterocycles. The molecule has 136 valence electrons. The van der Waals surface area contributed by atoms with Crippen molar-refractivity contribution in [3.63, 3.8) is 0 Å². The van der Waals surface area contributed by atoms with Gasteiger partial charge in [-0.2, -0.15) is 0 Å². The second kappa shape index (κ2) is 9.32. The Labute approximate surface area is 153 Å². The van der Waals surface area contributed by atoms with Gasteiger partial charge in [-0.25, -0.2) is 0 Å². The molecule has 0 aliphatic heterocycles. The second-order valence-corrected chi connectivity index (χ2v) is 11.5. The fraction of sp³-hybridized carbons (Fsp3) is 0.455. The average molecular weight is 357 g/mol. The van der Waals surface area contributed by atoms with Gasteiger partial charge in [-0.05, 0) is 28.3 Å². The first-order chi connectivity index (χ1) is 12.0. The smallest absolute Gasteiger partial charge is 0.258 e. The van der Waals surface area contributed by atoms with Crippen molar-refractivity contribution in [2.24, 2.45) is 0 Å². The summed E-state index contributed by atoms with van der Waals surface area (Å²) in [6.07, 6.45) is 6.45. The van der Waals surface area contributed by atoms with Gasteiger partial charge in [-0.15, -0.1) is 0 Å². The predicted molar refractivity (Wildman–Crippen MR) is 109 cm³/mol. The zero-order valence-electron chi connectivity index (χ0n) is 15.6. The normalized spacial score (nSPS) is 12.3. The van der Waals surface area contributed by atoms with Crippen LogP contribution in [0.25, 0.3) is 0 Å². The zero-order valence-corrected chi connectivity index (χ0v) is 16.6. The predicted octanol–water partition coefficient (Wildman–Crippen LogP) is 3.85. The molecule has 0 radical (unpaired) electrons. The van der Waals surface area contributed by atoms with E-state index in [2.05, 4.69) is 38.1 Å². The summed E-state index contributed by atoms with van der Waals surface area (Å²) >= 11 is 0. The summed E-state index contributed by atoms with van der Waals surface area (Å²) in [4.78, 5) is 12.0. The van der Waals surface area contributed by atoms with Gasteiger partial charge in [-0.3, -0.25) is 0 Å². The molecule has 0 aliphatic rings.